The third kappa shape index (κ3) is 5.85. The van der Waals surface area contributed by atoms with Crippen LogP contribution in [0, 0.1) is 5.92 Å². The summed E-state index contributed by atoms with van der Waals surface area (Å²) in [6.45, 7) is 3.48. The fourth-order valence-electron chi connectivity index (χ4n) is 1.96. The Morgan fingerprint density at radius 2 is 2.00 bits per heavy atom. The molecule has 0 aromatic carbocycles. The molecule has 0 saturated carbocycles. The van der Waals surface area contributed by atoms with Crippen molar-refractivity contribution in [3.05, 3.63) is 18.2 Å². The van der Waals surface area contributed by atoms with Crippen molar-refractivity contribution in [1.29, 1.82) is 0 Å². The summed E-state index contributed by atoms with van der Waals surface area (Å²) in [7, 11) is 0. The van der Waals surface area contributed by atoms with Gasteiger partial charge in [0.05, 0.1) is 12.4 Å². The van der Waals surface area contributed by atoms with Gasteiger partial charge in [-0.15, -0.1) is 0 Å². The SMILES string of the molecule is CC(C)C(NC(=O)C(N)CS)C(=O)NC(Cc1cnc[nH]1)C(=O)O. The van der Waals surface area contributed by atoms with Crippen LogP contribution in [0.1, 0.15) is 19.5 Å². The number of hydrogen-bond donors (Lipinski definition) is 6. The van der Waals surface area contributed by atoms with Gasteiger partial charge in [-0.3, -0.25) is 9.59 Å². The molecule has 24 heavy (non-hydrogen) atoms. The van der Waals surface area contributed by atoms with Gasteiger partial charge >= 0.3 is 5.97 Å². The average molecular weight is 357 g/mol. The molecule has 1 aromatic rings. The van der Waals surface area contributed by atoms with Crippen molar-refractivity contribution in [3.63, 3.8) is 0 Å². The van der Waals surface area contributed by atoms with Crippen LogP contribution in [-0.2, 0) is 20.8 Å². The third-order valence-electron chi connectivity index (χ3n) is 3.37. The lowest BCUT2D eigenvalue weighted by atomic mass is 10.0. The highest BCUT2D eigenvalue weighted by Crippen LogP contribution is 2.05. The monoisotopic (exact) mass is 357 g/mol. The molecule has 1 rings (SSSR count). The normalized spacial score (nSPS) is 14.7. The van der Waals surface area contributed by atoms with Gasteiger partial charge in [0, 0.05) is 24.1 Å². The molecule has 0 fully saturated rings. The Balaban J connectivity index is 2.77. The molecule has 0 aliphatic carbocycles. The number of carbonyl (C=O) groups excluding carboxylic acids is 2. The van der Waals surface area contributed by atoms with Crippen molar-refractivity contribution in [3.8, 4) is 0 Å². The number of nitrogens with zero attached hydrogens (tertiary/aromatic N) is 1. The number of rotatable bonds is 9. The van der Waals surface area contributed by atoms with E-state index in [0.717, 1.165) is 0 Å². The number of carboxylic acids is 1. The quantitative estimate of drug-likeness (QED) is 0.309. The predicted octanol–water partition coefficient (Wildman–Crippen LogP) is -1.08. The molecule has 2 amide bonds. The molecule has 0 aliphatic heterocycles. The molecule has 0 aliphatic rings. The molecule has 9 nitrogen and oxygen atoms in total. The Labute approximate surface area is 145 Å². The van der Waals surface area contributed by atoms with Crippen molar-refractivity contribution in [2.75, 3.05) is 5.75 Å². The molecule has 0 spiro atoms. The molecule has 3 atom stereocenters. The highest BCUT2D eigenvalue weighted by molar-refractivity contribution is 7.80. The lowest BCUT2D eigenvalue weighted by Gasteiger charge is -2.25. The van der Waals surface area contributed by atoms with Crippen LogP contribution in [0.25, 0.3) is 0 Å². The average Bonchev–Trinajstić information content (AvgIpc) is 3.03. The summed E-state index contributed by atoms with van der Waals surface area (Å²) in [5.41, 5.74) is 6.15. The van der Waals surface area contributed by atoms with Crippen molar-refractivity contribution < 1.29 is 19.5 Å². The summed E-state index contributed by atoms with van der Waals surface area (Å²) in [6, 6.07) is -2.88. The van der Waals surface area contributed by atoms with E-state index in [1.165, 1.54) is 12.5 Å². The second-order valence-corrected chi connectivity index (χ2v) is 6.06. The first kappa shape index (κ1) is 20.0. The van der Waals surface area contributed by atoms with Gasteiger partial charge in [-0.25, -0.2) is 9.78 Å². The van der Waals surface area contributed by atoms with Crippen LogP contribution in [-0.4, -0.2) is 56.7 Å². The summed E-state index contributed by atoms with van der Waals surface area (Å²) >= 11 is 3.94. The molecule has 10 heteroatoms. The van der Waals surface area contributed by atoms with E-state index in [2.05, 4.69) is 33.2 Å². The van der Waals surface area contributed by atoms with Crippen LogP contribution in [0.3, 0.4) is 0 Å². The molecule has 3 unspecified atom stereocenters. The molecule has 134 valence electrons. The van der Waals surface area contributed by atoms with Crippen molar-refractivity contribution in [2.45, 2.75) is 38.4 Å². The zero-order chi connectivity index (χ0) is 18.3. The Bertz CT molecular complexity index is 564. The highest BCUT2D eigenvalue weighted by atomic mass is 32.1. The summed E-state index contributed by atoms with van der Waals surface area (Å²) in [5, 5.41) is 14.3. The van der Waals surface area contributed by atoms with E-state index in [9.17, 15) is 19.5 Å². The zero-order valence-corrected chi connectivity index (χ0v) is 14.4. The fourth-order valence-corrected chi connectivity index (χ4v) is 2.12. The van der Waals surface area contributed by atoms with Gasteiger partial charge in [-0.1, -0.05) is 13.8 Å². The number of carboxylic acid groups (broad SMARTS) is 1. The first-order valence-corrected chi connectivity index (χ1v) is 8.06. The summed E-state index contributed by atoms with van der Waals surface area (Å²) < 4.78 is 0. The van der Waals surface area contributed by atoms with Gasteiger partial charge in [-0.2, -0.15) is 12.6 Å². The van der Waals surface area contributed by atoms with E-state index >= 15 is 0 Å². The maximum absolute atomic E-state index is 12.4. The van der Waals surface area contributed by atoms with Gasteiger partial charge in [0.1, 0.15) is 12.1 Å². The van der Waals surface area contributed by atoms with Gasteiger partial charge in [0.15, 0.2) is 0 Å². The predicted molar refractivity (Wildman–Crippen MR) is 90.5 cm³/mol. The number of carbonyl (C=O) groups is 3. The fraction of sp³-hybridized carbons (Fsp3) is 0.571. The second-order valence-electron chi connectivity index (χ2n) is 5.70. The number of thiol groups is 1. The summed E-state index contributed by atoms with van der Waals surface area (Å²) in [6.07, 6.45) is 2.96. The number of nitrogens with one attached hydrogen (secondary N) is 3. The smallest absolute Gasteiger partial charge is 0.326 e. The Morgan fingerprint density at radius 1 is 1.33 bits per heavy atom. The van der Waals surface area contributed by atoms with E-state index in [0.29, 0.717) is 5.69 Å². The van der Waals surface area contributed by atoms with E-state index in [1.807, 2.05) is 0 Å². The number of aromatic amines is 1. The van der Waals surface area contributed by atoms with Crippen LogP contribution >= 0.6 is 12.6 Å². The number of aliphatic carboxylic acids is 1. The number of aromatic nitrogens is 2. The van der Waals surface area contributed by atoms with Crippen molar-refractivity contribution in [1.82, 2.24) is 20.6 Å². The first-order valence-electron chi connectivity index (χ1n) is 7.43. The Kier molecular flexibility index (Phi) is 7.72. The lowest BCUT2D eigenvalue weighted by Crippen LogP contribution is -2.56. The molecule has 0 radical (unpaired) electrons. The Morgan fingerprint density at radius 3 is 2.46 bits per heavy atom. The third-order valence-corrected chi connectivity index (χ3v) is 3.77. The minimum atomic E-state index is -1.18. The number of nitrogens with two attached hydrogens (primary N) is 1. The van der Waals surface area contributed by atoms with E-state index in [-0.39, 0.29) is 18.1 Å². The van der Waals surface area contributed by atoms with Crippen molar-refractivity contribution >= 4 is 30.4 Å². The maximum atomic E-state index is 12.4. The van der Waals surface area contributed by atoms with Crippen LogP contribution < -0.4 is 16.4 Å². The lowest BCUT2D eigenvalue weighted by molar-refractivity contribution is -0.142. The number of hydrogen-bond acceptors (Lipinski definition) is 6. The largest absolute Gasteiger partial charge is 0.480 e. The molecular weight excluding hydrogens is 334 g/mol. The topological polar surface area (TPSA) is 150 Å². The van der Waals surface area contributed by atoms with Gasteiger partial charge in [0.2, 0.25) is 11.8 Å². The molecule has 0 bridgehead atoms. The minimum Gasteiger partial charge on any atom is -0.480 e. The van der Waals surface area contributed by atoms with E-state index < -0.39 is 35.9 Å². The zero-order valence-electron chi connectivity index (χ0n) is 13.5. The number of amides is 2. The van der Waals surface area contributed by atoms with Crippen LogP contribution in [0.15, 0.2) is 12.5 Å². The molecule has 1 aromatic heterocycles. The van der Waals surface area contributed by atoms with E-state index in [1.54, 1.807) is 13.8 Å². The highest BCUT2D eigenvalue weighted by Gasteiger charge is 2.29. The minimum absolute atomic E-state index is 0.0516. The first-order chi connectivity index (χ1) is 11.3. The summed E-state index contributed by atoms with van der Waals surface area (Å²) in [5.74, 6) is -2.40. The van der Waals surface area contributed by atoms with Gasteiger partial charge < -0.3 is 26.5 Å². The molecule has 6 N–H and O–H groups in total. The van der Waals surface area contributed by atoms with E-state index in [4.69, 9.17) is 5.73 Å². The molecular formula is C14H23N5O4S. The summed E-state index contributed by atoms with van der Waals surface area (Å²) in [4.78, 5) is 42.2. The van der Waals surface area contributed by atoms with Gasteiger partial charge in [0.25, 0.3) is 0 Å². The maximum Gasteiger partial charge on any atom is 0.326 e. The van der Waals surface area contributed by atoms with Crippen LogP contribution in [0.5, 0.6) is 0 Å². The molecule has 0 saturated heterocycles. The van der Waals surface area contributed by atoms with Crippen LogP contribution in [0.4, 0.5) is 0 Å². The Hall–Kier alpha value is -2.07. The molecule has 1 heterocycles. The second kappa shape index (κ2) is 9.28. The van der Waals surface area contributed by atoms with Crippen molar-refractivity contribution in [2.24, 2.45) is 11.7 Å². The van der Waals surface area contributed by atoms with Gasteiger partial charge in [-0.05, 0) is 5.92 Å². The number of imidazole rings is 1. The standard InChI is InChI=1S/C14H23N5O4S/c1-7(2)11(19-12(20)9(15)5-24)13(21)18-10(14(22)23)3-8-4-16-6-17-8/h4,6-7,9-11,24H,3,5,15H2,1-2H3,(H,16,17)(H,18,21)(H,19,20)(H,22,23). The number of H-pyrrole nitrogens is 1. The van der Waals surface area contributed by atoms with Crippen LogP contribution in [0.2, 0.25) is 0 Å².